The molecular formula is C21H32N2O3. The molecule has 0 radical (unpaired) electrons. The lowest BCUT2D eigenvalue weighted by Gasteiger charge is -2.42. The van der Waals surface area contributed by atoms with E-state index in [9.17, 15) is 15.0 Å². The number of hydrogen-bond donors (Lipinski definition) is 2. The highest BCUT2D eigenvalue weighted by molar-refractivity contribution is 5.86. The van der Waals surface area contributed by atoms with Crippen molar-refractivity contribution in [1.82, 2.24) is 9.80 Å². The zero-order valence-corrected chi connectivity index (χ0v) is 15.6. The molecule has 2 saturated heterocycles. The molecule has 0 spiro atoms. The number of hydrogen-bond acceptors (Lipinski definition) is 4. The van der Waals surface area contributed by atoms with Gasteiger partial charge in [-0.1, -0.05) is 30.3 Å². The van der Waals surface area contributed by atoms with Gasteiger partial charge in [-0.25, -0.2) is 0 Å². The molecule has 0 aromatic heterocycles. The molecule has 2 heterocycles. The minimum atomic E-state index is -1.24. The third-order valence-electron chi connectivity index (χ3n) is 5.89. The minimum absolute atomic E-state index is 0.0962. The summed E-state index contributed by atoms with van der Waals surface area (Å²) >= 11 is 0. The summed E-state index contributed by atoms with van der Waals surface area (Å²) in [5, 5.41) is 20.3. The predicted molar refractivity (Wildman–Crippen MR) is 102 cm³/mol. The van der Waals surface area contributed by atoms with Gasteiger partial charge in [0.25, 0.3) is 5.91 Å². The molecule has 0 bridgehead atoms. The van der Waals surface area contributed by atoms with Crippen LogP contribution in [0.4, 0.5) is 0 Å². The van der Waals surface area contributed by atoms with Gasteiger partial charge in [-0.2, -0.15) is 0 Å². The van der Waals surface area contributed by atoms with Crippen molar-refractivity contribution in [2.45, 2.75) is 44.1 Å². The van der Waals surface area contributed by atoms with E-state index in [4.69, 9.17) is 0 Å². The number of rotatable bonds is 7. The van der Waals surface area contributed by atoms with Crippen LogP contribution >= 0.6 is 0 Å². The van der Waals surface area contributed by atoms with Crippen molar-refractivity contribution in [1.29, 1.82) is 0 Å². The average Bonchev–Trinajstić information content (AvgIpc) is 2.67. The zero-order chi connectivity index (χ0) is 18.4. The highest BCUT2D eigenvalue weighted by Crippen LogP contribution is 2.26. The zero-order valence-electron chi connectivity index (χ0n) is 15.6. The van der Waals surface area contributed by atoms with Gasteiger partial charge in [-0.05, 0) is 63.1 Å². The number of piperidine rings is 2. The van der Waals surface area contributed by atoms with Crippen LogP contribution in [0.3, 0.4) is 0 Å². The molecule has 5 heteroatoms. The summed E-state index contributed by atoms with van der Waals surface area (Å²) in [4.78, 5) is 16.9. The Morgan fingerprint density at radius 3 is 2.54 bits per heavy atom. The number of benzene rings is 1. The lowest BCUT2D eigenvalue weighted by molar-refractivity contribution is -0.160. The summed E-state index contributed by atoms with van der Waals surface area (Å²) < 4.78 is 0. The summed E-state index contributed by atoms with van der Waals surface area (Å²) in [5.74, 6) is 0.276. The third-order valence-corrected chi connectivity index (χ3v) is 5.89. The number of carbonyl (C=O) groups is 1. The van der Waals surface area contributed by atoms with E-state index in [2.05, 4.69) is 17.0 Å². The molecule has 2 aliphatic heterocycles. The lowest BCUT2D eigenvalue weighted by Crippen LogP contribution is -2.59. The first-order valence-electron chi connectivity index (χ1n) is 9.99. The Balaban J connectivity index is 1.49. The van der Waals surface area contributed by atoms with Crippen LogP contribution in [0.25, 0.3) is 0 Å². The Hall–Kier alpha value is -1.43. The number of nitrogens with zero attached hydrogens (tertiary/aromatic N) is 2. The van der Waals surface area contributed by atoms with Crippen molar-refractivity contribution < 1.29 is 15.0 Å². The Morgan fingerprint density at radius 1 is 1.12 bits per heavy atom. The molecule has 0 unspecified atom stereocenters. The van der Waals surface area contributed by atoms with Gasteiger partial charge in [0.15, 0.2) is 5.60 Å². The summed E-state index contributed by atoms with van der Waals surface area (Å²) in [6, 6.07) is 10.3. The predicted octanol–water partition coefficient (Wildman–Crippen LogP) is 1.68. The number of amides is 1. The van der Waals surface area contributed by atoms with E-state index >= 15 is 0 Å². The summed E-state index contributed by atoms with van der Waals surface area (Å²) in [5.41, 5.74) is 0.0517. The first-order chi connectivity index (χ1) is 12.6. The number of aryl methyl sites for hydroxylation is 1. The molecule has 2 N–H and O–H groups in total. The Kier molecular flexibility index (Phi) is 6.68. The molecule has 144 valence electrons. The second-order valence-electron chi connectivity index (χ2n) is 7.92. The molecule has 0 saturated carbocycles. The van der Waals surface area contributed by atoms with E-state index in [1.54, 1.807) is 0 Å². The molecule has 5 nitrogen and oxygen atoms in total. The van der Waals surface area contributed by atoms with Crippen LogP contribution < -0.4 is 0 Å². The number of carbonyl (C=O) groups excluding carboxylic acids is 1. The van der Waals surface area contributed by atoms with Gasteiger partial charge in [0, 0.05) is 26.2 Å². The first kappa shape index (κ1) is 19.3. The van der Waals surface area contributed by atoms with Crippen molar-refractivity contribution in [2.24, 2.45) is 5.92 Å². The Morgan fingerprint density at radius 2 is 1.85 bits per heavy atom. The van der Waals surface area contributed by atoms with Crippen LogP contribution in [-0.2, 0) is 11.2 Å². The summed E-state index contributed by atoms with van der Waals surface area (Å²) in [6.07, 6.45) is 5.19. The monoisotopic (exact) mass is 360 g/mol. The van der Waals surface area contributed by atoms with Crippen LogP contribution in [0, 0.1) is 5.92 Å². The van der Waals surface area contributed by atoms with Crippen molar-refractivity contribution in [3.63, 3.8) is 0 Å². The lowest BCUT2D eigenvalue weighted by atomic mass is 9.89. The van der Waals surface area contributed by atoms with Crippen LogP contribution in [0.5, 0.6) is 0 Å². The molecule has 0 aliphatic carbocycles. The standard InChI is InChI=1S/C21H32N2O3/c24-16-19-9-14-22(15-10-19)17-21(26)11-5-13-23(20(21)25)12-4-8-18-6-2-1-3-7-18/h1-3,6-7,19,24,26H,4-5,8-17H2/t21-/m1/s1. The number of β-amino-alcohol motifs (C(OH)–C–C–N with tert-alkyl or cyclic N) is 1. The summed E-state index contributed by atoms with van der Waals surface area (Å²) in [7, 11) is 0. The molecule has 2 aliphatic rings. The first-order valence-corrected chi connectivity index (χ1v) is 9.99. The molecule has 1 atom stereocenters. The molecule has 1 amide bonds. The highest BCUT2D eigenvalue weighted by Gasteiger charge is 2.43. The molecule has 1 aromatic carbocycles. The summed E-state index contributed by atoms with van der Waals surface area (Å²) in [6.45, 7) is 3.85. The second-order valence-corrected chi connectivity index (χ2v) is 7.92. The van der Waals surface area contributed by atoms with E-state index in [1.807, 2.05) is 23.1 Å². The van der Waals surface area contributed by atoms with Gasteiger partial charge >= 0.3 is 0 Å². The quantitative estimate of drug-likeness (QED) is 0.777. The Labute approximate surface area is 156 Å². The fourth-order valence-corrected chi connectivity index (χ4v) is 4.24. The highest BCUT2D eigenvalue weighted by atomic mass is 16.3. The van der Waals surface area contributed by atoms with Crippen molar-refractivity contribution in [3.8, 4) is 0 Å². The van der Waals surface area contributed by atoms with Crippen LogP contribution in [-0.4, -0.2) is 70.9 Å². The number of likely N-dealkylation sites (tertiary alicyclic amines) is 2. The maximum absolute atomic E-state index is 12.9. The minimum Gasteiger partial charge on any atom is -0.396 e. The SMILES string of the molecule is O=C1N(CCCc2ccccc2)CCC[C@@]1(O)CN1CCC(CO)CC1. The van der Waals surface area contributed by atoms with Crippen LogP contribution in [0.2, 0.25) is 0 Å². The molecule has 3 rings (SSSR count). The molecule has 26 heavy (non-hydrogen) atoms. The van der Waals surface area contributed by atoms with Gasteiger partial charge < -0.3 is 15.1 Å². The normalized spacial score (nSPS) is 25.6. The largest absolute Gasteiger partial charge is 0.396 e. The van der Waals surface area contributed by atoms with E-state index in [-0.39, 0.29) is 12.5 Å². The van der Waals surface area contributed by atoms with Gasteiger partial charge in [0.05, 0.1) is 0 Å². The average molecular weight is 360 g/mol. The van der Waals surface area contributed by atoms with Crippen LogP contribution in [0.15, 0.2) is 30.3 Å². The fraction of sp³-hybridized carbons (Fsp3) is 0.667. The molecular weight excluding hydrogens is 328 g/mol. The van der Waals surface area contributed by atoms with Crippen molar-refractivity contribution in [3.05, 3.63) is 35.9 Å². The van der Waals surface area contributed by atoms with E-state index in [0.717, 1.165) is 51.7 Å². The third kappa shape index (κ3) is 4.84. The molecule has 2 fully saturated rings. The van der Waals surface area contributed by atoms with Crippen LogP contribution in [0.1, 0.15) is 37.7 Å². The van der Waals surface area contributed by atoms with Gasteiger partial charge in [0.2, 0.25) is 0 Å². The maximum Gasteiger partial charge on any atom is 0.255 e. The number of aliphatic hydroxyl groups is 2. The number of aliphatic hydroxyl groups excluding tert-OH is 1. The smallest absolute Gasteiger partial charge is 0.255 e. The topological polar surface area (TPSA) is 64.0 Å². The van der Waals surface area contributed by atoms with E-state index in [1.165, 1.54) is 5.56 Å². The van der Waals surface area contributed by atoms with Gasteiger partial charge in [-0.15, -0.1) is 0 Å². The van der Waals surface area contributed by atoms with E-state index in [0.29, 0.717) is 25.4 Å². The maximum atomic E-state index is 12.9. The van der Waals surface area contributed by atoms with Gasteiger partial charge in [0.1, 0.15) is 0 Å². The van der Waals surface area contributed by atoms with Crippen molar-refractivity contribution >= 4 is 5.91 Å². The van der Waals surface area contributed by atoms with Crippen molar-refractivity contribution in [2.75, 3.05) is 39.3 Å². The Bertz CT molecular complexity index is 572. The van der Waals surface area contributed by atoms with Gasteiger partial charge in [-0.3, -0.25) is 9.69 Å². The fourth-order valence-electron chi connectivity index (χ4n) is 4.24. The second kappa shape index (κ2) is 8.98. The van der Waals surface area contributed by atoms with E-state index < -0.39 is 5.60 Å². The molecule has 1 aromatic rings.